The summed E-state index contributed by atoms with van der Waals surface area (Å²) in [7, 11) is 5.61. The highest BCUT2D eigenvalue weighted by Gasteiger charge is 2.39. The zero-order valence-electron chi connectivity index (χ0n) is 15.3. The molecule has 0 radical (unpaired) electrons. The Hall–Kier alpha value is -2.61. The molecule has 0 aromatic heterocycles. The lowest BCUT2D eigenvalue weighted by Gasteiger charge is -2.25. The van der Waals surface area contributed by atoms with Crippen LogP contribution in [0.5, 0.6) is 5.75 Å². The van der Waals surface area contributed by atoms with Crippen LogP contribution >= 0.6 is 0 Å². The molecule has 3 rings (SSSR count). The number of hydrogen-bond acceptors (Lipinski definition) is 5. The number of likely N-dealkylation sites (tertiary alicyclic amines) is 1. The second kappa shape index (κ2) is 7.33. The van der Waals surface area contributed by atoms with Crippen LogP contribution in [0.25, 0.3) is 0 Å². The van der Waals surface area contributed by atoms with Crippen LogP contribution in [0.15, 0.2) is 24.3 Å². The van der Waals surface area contributed by atoms with Gasteiger partial charge in [-0.15, -0.1) is 0 Å². The summed E-state index contributed by atoms with van der Waals surface area (Å²) in [5.41, 5.74) is 1.13. The summed E-state index contributed by atoms with van der Waals surface area (Å²) in [4.78, 5) is 40.8. The normalized spacial score (nSPS) is 22.9. The number of carbonyl (C=O) groups excluding carboxylic acids is 3. The zero-order chi connectivity index (χ0) is 18.8. The van der Waals surface area contributed by atoms with Crippen LogP contribution in [0, 0.1) is 0 Å². The van der Waals surface area contributed by atoms with Gasteiger partial charge in [-0.05, 0) is 31.8 Å². The Morgan fingerprint density at radius 1 is 1.23 bits per heavy atom. The number of benzene rings is 1. The molecule has 2 fully saturated rings. The topological polar surface area (TPSA) is 82.2 Å². The van der Waals surface area contributed by atoms with Crippen LogP contribution in [0.4, 0.5) is 4.79 Å². The maximum atomic E-state index is 12.7. The molecule has 8 heteroatoms. The molecule has 1 N–H and O–H groups in total. The molecule has 26 heavy (non-hydrogen) atoms. The van der Waals surface area contributed by atoms with E-state index in [9.17, 15) is 14.4 Å². The molecular weight excluding hydrogens is 336 g/mol. The van der Waals surface area contributed by atoms with Gasteiger partial charge in [-0.3, -0.25) is 14.5 Å². The minimum atomic E-state index is -0.501. The van der Waals surface area contributed by atoms with Crippen LogP contribution in [0.2, 0.25) is 0 Å². The molecule has 1 aromatic carbocycles. The van der Waals surface area contributed by atoms with Gasteiger partial charge in [0.25, 0.3) is 5.91 Å². The van der Waals surface area contributed by atoms with E-state index in [4.69, 9.17) is 4.74 Å². The molecule has 2 aliphatic rings. The minimum absolute atomic E-state index is 0.0408. The zero-order valence-corrected chi connectivity index (χ0v) is 15.3. The predicted molar refractivity (Wildman–Crippen MR) is 94.9 cm³/mol. The standard InChI is InChI=1S/C18H24N4O4/c1-20(2)15-10-21(17(24)11-22-16(23)8-19-18(22)25)9-14(15)12-4-6-13(26-3)7-5-12/h4-7,14-15H,8-11H2,1-3H3,(H,19,25). The molecular formula is C18H24N4O4. The molecule has 2 atom stereocenters. The van der Waals surface area contributed by atoms with Crippen molar-refractivity contribution in [2.75, 3.05) is 47.4 Å². The average Bonchev–Trinajstić information content (AvgIpc) is 3.21. The number of nitrogens with one attached hydrogen (secondary N) is 1. The molecule has 4 amide bonds. The van der Waals surface area contributed by atoms with E-state index in [1.807, 2.05) is 38.4 Å². The van der Waals surface area contributed by atoms with Crippen molar-refractivity contribution in [2.45, 2.75) is 12.0 Å². The van der Waals surface area contributed by atoms with Gasteiger partial charge < -0.3 is 19.9 Å². The van der Waals surface area contributed by atoms with Gasteiger partial charge in [0.1, 0.15) is 12.3 Å². The van der Waals surface area contributed by atoms with E-state index >= 15 is 0 Å². The van der Waals surface area contributed by atoms with Crippen molar-refractivity contribution in [3.8, 4) is 5.75 Å². The van der Waals surface area contributed by atoms with Crippen molar-refractivity contribution in [1.29, 1.82) is 0 Å². The number of carbonyl (C=O) groups is 3. The average molecular weight is 360 g/mol. The SMILES string of the molecule is COc1ccc(C2CN(C(=O)CN3C(=O)CNC3=O)CC2N(C)C)cc1. The fourth-order valence-corrected chi connectivity index (χ4v) is 3.54. The van der Waals surface area contributed by atoms with Gasteiger partial charge in [-0.25, -0.2) is 4.79 Å². The van der Waals surface area contributed by atoms with Gasteiger partial charge >= 0.3 is 6.03 Å². The van der Waals surface area contributed by atoms with Crippen molar-refractivity contribution >= 4 is 17.8 Å². The van der Waals surface area contributed by atoms with Crippen LogP contribution < -0.4 is 10.1 Å². The third kappa shape index (κ3) is 3.50. The van der Waals surface area contributed by atoms with Gasteiger partial charge in [0.15, 0.2) is 0 Å². The smallest absolute Gasteiger partial charge is 0.325 e. The van der Waals surface area contributed by atoms with E-state index < -0.39 is 6.03 Å². The Morgan fingerprint density at radius 2 is 1.92 bits per heavy atom. The molecule has 2 unspecified atom stereocenters. The molecule has 140 valence electrons. The largest absolute Gasteiger partial charge is 0.497 e. The summed E-state index contributed by atoms with van der Waals surface area (Å²) in [5, 5.41) is 2.43. The molecule has 2 aliphatic heterocycles. The highest BCUT2D eigenvalue weighted by atomic mass is 16.5. The molecule has 2 saturated heterocycles. The number of ether oxygens (including phenoxy) is 1. The van der Waals surface area contributed by atoms with Gasteiger partial charge in [0, 0.05) is 25.0 Å². The number of amides is 4. The Kier molecular flexibility index (Phi) is 5.13. The summed E-state index contributed by atoms with van der Waals surface area (Å²) in [5.74, 6) is 0.374. The Labute approximate surface area is 152 Å². The fraction of sp³-hybridized carbons (Fsp3) is 0.500. The van der Waals surface area contributed by atoms with Gasteiger partial charge in [0.2, 0.25) is 5.91 Å². The number of rotatable bonds is 5. The number of likely N-dealkylation sites (N-methyl/N-ethyl adjacent to an activating group) is 1. The second-order valence-electron chi connectivity index (χ2n) is 6.85. The molecule has 0 saturated carbocycles. The first-order valence-corrected chi connectivity index (χ1v) is 8.57. The number of nitrogens with zero attached hydrogens (tertiary/aromatic N) is 3. The highest BCUT2D eigenvalue weighted by molar-refractivity contribution is 6.04. The first kappa shape index (κ1) is 18.2. The number of hydrogen-bond donors (Lipinski definition) is 1. The molecule has 0 aliphatic carbocycles. The van der Waals surface area contributed by atoms with Crippen molar-refractivity contribution in [2.24, 2.45) is 0 Å². The molecule has 1 aromatic rings. The number of imide groups is 1. The van der Waals surface area contributed by atoms with E-state index in [2.05, 4.69) is 10.2 Å². The summed E-state index contributed by atoms with van der Waals surface area (Å²) < 4.78 is 5.21. The highest BCUT2D eigenvalue weighted by Crippen LogP contribution is 2.31. The lowest BCUT2D eigenvalue weighted by atomic mass is 9.93. The summed E-state index contributed by atoms with van der Waals surface area (Å²) in [6, 6.07) is 7.53. The van der Waals surface area contributed by atoms with Crippen LogP contribution in [0.3, 0.4) is 0 Å². The van der Waals surface area contributed by atoms with Crippen molar-refractivity contribution in [1.82, 2.24) is 20.0 Å². The second-order valence-corrected chi connectivity index (χ2v) is 6.85. The monoisotopic (exact) mass is 360 g/mol. The maximum absolute atomic E-state index is 12.7. The fourth-order valence-electron chi connectivity index (χ4n) is 3.54. The Balaban J connectivity index is 1.72. The lowest BCUT2D eigenvalue weighted by Crippen LogP contribution is -2.43. The first-order chi connectivity index (χ1) is 12.4. The number of urea groups is 1. The predicted octanol–water partition coefficient (Wildman–Crippen LogP) is 0.103. The maximum Gasteiger partial charge on any atom is 0.325 e. The van der Waals surface area contributed by atoms with Gasteiger partial charge in [0.05, 0.1) is 13.7 Å². The molecule has 0 spiro atoms. The van der Waals surface area contributed by atoms with Crippen molar-refractivity contribution < 1.29 is 19.1 Å². The number of methoxy groups -OCH3 is 1. The molecule has 8 nitrogen and oxygen atoms in total. The third-order valence-electron chi connectivity index (χ3n) is 5.08. The summed E-state index contributed by atoms with van der Waals surface area (Å²) >= 11 is 0. The van der Waals surface area contributed by atoms with E-state index in [-0.39, 0.29) is 36.9 Å². The lowest BCUT2D eigenvalue weighted by molar-refractivity contribution is -0.135. The van der Waals surface area contributed by atoms with Crippen LogP contribution in [-0.2, 0) is 9.59 Å². The first-order valence-electron chi connectivity index (χ1n) is 8.57. The van der Waals surface area contributed by atoms with Crippen LogP contribution in [-0.4, -0.2) is 86.0 Å². The van der Waals surface area contributed by atoms with Gasteiger partial charge in [-0.2, -0.15) is 0 Å². The van der Waals surface area contributed by atoms with Crippen LogP contribution in [0.1, 0.15) is 11.5 Å². The van der Waals surface area contributed by atoms with E-state index in [1.54, 1.807) is 12.0 Å². The van der Waals surface area contributed by atoms with Gasteiger partial charge in [-0.1, -0.05) is 12.1 Å². The minimum Gasteiger partial charge on any atom is -0.497 e. The van der Waals surface area contributed by atoms with E-state index in [0.29, 0.717) is 13.1 Å². The summed E-state index contributed by atoms with van der Waals surface area (Å²) in [6.45, 7) is 0.866. The summed E-state index contributed by atoms with van der Waals surface area (Å²) in [6.07, 6.45) is 0. The van der Waals surface area contributed by atoms with E-state index in [0.717, 1.165) is 16.2 Å². The quantitative estimate of drug-likeness (QED) is 0.754. The molecule has 2 heterocycles. The van der Waals surface area contributed by atoms with E-state index in [1.165, 1.54) is 0 Å². The Morgan fingerprint density at radius 3 is 2.46 bits per heavy atom. The van der Waals surface area contributed by atoms with Crippen molar-refractivity contribution in [3.63, 3.8) is 0 Å². The Bertz CT molecular complexity index is 688. The third-order valence-corrected chi connectivity index (χ3v) is 5.08. The van der Waals surface area contributed by atoms with Crippen molar-refractivity contribution in [3.05, 3.63) is 29.8 Å². The molecule has 0 bridgehead atoms.